The summed E-state index contributed by atoms with van der Waals surface area (Å²) < 4.78 is 0. The first-order chi connectivity index (χ1) is 18.8. The highest BCUT2D eigenvalue weighted by molar-refractivity contribution is 5.84. The number of nitrogens with two attached hydrogens (primary N) is 1. The van der Waals surface area contributed by atoms with Crippen molar-refractivity contribution < 1.29 is 0 Å². The molecular weight excluding hydrogens is 460 g/mol. The summed E-state index contributed by atoms with van der Waals surface area (Å²) in [6.07, 6.45) is 10.6. The van der Waals surface area contributed by atoms with E-state index in [1.807, 2.05) is 42.5 Å². The van der Waals surface area contributed by atoms with E-state index in [4.69, 9.17) is 5.73 Å². The van der Waals surface area contributed by atoms with Crippen LogP contribution in [0.4, 0.5) is 17.1 Å². The van der Waals surface area contributed by atoms with Crippen molar-refractivity contribution >= 4 is 34.8 Å². The first-order valence-corrected chi connectivity index (χ1v) is 12.7. The standard InChI is InChI=1S/C36H30N2/c37-33-22-26-35(27-23-33)38(28-36(31-16-6-2-7-17-31)32-18-8-3-9-19-32)34-24-20-30(21-25-34)15-11-10-14-29-12-4-1-5-13-29/h1-28H,37H2/b14-10+,15-11+. The number of benzene rings is 5. The van der Waals surface area contributed by atoms with E-state index in [2.05, 4.69) is 132 Å². The Bertz CT molecular complexity index is 1470. The molecule has 2 nitrogen and oxygen atoms in total. The zero-order valence-corrected chi connectivity index (χ0v) is 21.2. The van der Waals surface area contributed by atoms with Crippen molar-refractivity contribution in [2.24, 2.45) is 0 Å². The quantitative estimate of drug-likeness (QED) is 0.173. The summed E-state index contributed by atoms with van der Waals surface area (Å²) in [5, 5.41) is 0. The van der Waals surface area contributed by atoms with Crippen molar-refractivity contribution in [1.29, 1.82) is 0 Å². The van der Waals surface area contributed by atoms with Crippen LogP contribution in [0.25, 0.3) is 17.7 Å². The Morgan fingerprint density at radius 3 is 1.39 bits per heavy atom. The van der Waals surface area contributed by atoms with Gasteiger partial charge in [0.25, 0.3) is 0 Å². The summed E-state index contributed by atoms with van der Waals surface area (Å²) >= 11 is 0. The molecule has 0 bridgehead atoms. The summed E-state index contributed by atoms with van der Waals surface area (Å²) in [5.74, 6) is 0. The summed E-state index contributed by atoms with van der Waals surface area (Å²) in [4.78, 5) is 2.22. The van der Waals surface area contributed by atoms with Crippen LogP contribution in [0.15, 0.2) is 158 Å². The molecule has 0 spiro atoms. The zero-order valence-electron chi connectivity index (χ0n) is 21.2. The lowest BCUT2D eigenvalue weighted by Gasteiger charge is -2.24. The summed E-state index contributed by atoms with van der Waals surface area (Å²) in [7, 11) is 0. The Morgan fingerprint density at radius 1 is 0.474 bits per heavy atom. The minimum absolute atomic E-state index is 0.744. The molecule has 2 heteroatoms. The molecule has 0 aliphatic rings. The van der Waals surface area contributed by atoms with E-state index in [0.29, 0.717) is 0 Å². The van der Waals surface area contributed by atoms with Crippen LogP contribution in [0, 0.1) is 0 Å². The normalized spacial score (nSPS) is 11.1. The van der Waals surface area contributed by atoms with Crippen LogP contribution in [0.1, 0.15) is 22.3 Å². The van der Waals surface area contributed by atoms with Gasteiger partial charge in [0.2, 0.25) is 0 Å². The second kappa shape index (κ2) is 12.2. The molecular formula is C36H30N2. The van der Waals surface area contributed by atoms with Gasteiger partial charge in [-0.2, -0.15) is 0 Å². The molecule has 5 aromatic carbocycles. The van der Waals surface area contributed by atoms with Crippen molar-refractivity contribution in [1.82, 2.24) is 0 Å². The molecule has 0 unspecified atom stereocenters. The molecule has 0 aliphatic heterocycles. The largest absolute Gasteiger partial charge is 0.399 e. The lowest BCUT2D eigenvalue weighted by atomic mass is 9.98. The number of anilines is 3. The van der Waals surface area contributed by atoms with E-state index in [0.717, 1.165) is 39.3 Å². The Morgan fingerprint density at radius 2 is 0.895 bits per heavy atom. The highest BCUT2D eigenvalue weighted by atomic mass is 15.1. The molecule has 0 saturated carbocycles. The van der Waals surface area contributed by atoms with Gasteiger partial charge in [0, 0.05) is 28.8 Å². The molecule has 0 aromatic heterocycles. The molecule has 5 rings (SSSR count). The molecule has 0 fully saturated rings. The predicted molar refractivity (Wildman–Crippen MR) is 164 cm³/mol. The average Bonchev–Trinajstić information content (AvgIpc) is 2.98. The molecule has 0 saturated heterocycles. The van der Waals surface area contributed by atoms with Crippen molar-refractivity contribution in [3.8, 4) is 0 Å². The summed E-state index contributed by atoms with van der Waals surface area (Å²) in [6, 6.07) is 47.9. The van der Waals surface area contributed by atoms with Gasteiger partial charge in [-0.15, -0.1) is 0 Å². The van der Waals surface area contributed by atoms with E-state index in [9.17, 15) is 0 Å². The molecule has 0 radical (unpaired) electrons. The van der Waals surface area contributed by atoms with E-state index >= 15 is 0 Å². The fraction of sp³-hybridized carbons (Fsp3) is 0. The molecule has 0 atom stereocenters. The van der Waals surface area contributed by atoms with Crippen LogP contribution in [0.3, 0.4) is 0 Å². The highest BCUT2D eigenvalue weighted by Gasteiger charge is 2.12. The van der Waals surface area contributed by atoms with Crippen molar-refractivity contribution in [3.05, 3.63) is 180 Å². The topological polar surface area (TPSA) is 29.3 Å². The van der Waals surface area contributed by atoms with E-state index in [1.54, 1.807) is 0 Å². The fourth-order valence-electron chi connectivity index (χ4n) is 4.26. The van der Waals surface area contributed by atoms with Crippen molar-refractivity contribution in [2.75, 3.05) is 10.6 Å². The Balaban J connectivity index is 1.49. The third-order valence-corrected chi connectivity index (χ3v) is 6.26. The van der Waals surface area contributed by atoms with Gasteiger partial charge in [-0.3, -0.25) is 0 Å². The average molecular weight is 491 g/mol. The van der Waals surface area contributed by atoms with Crippen LogP contribution >= 0.6 is 0 Å². The molecule has 0 aliphatic carbocycles. The number of hydrogen-bond donors (Lipinski definition) is 1. The second-order valence-electron chi connectivity index (χ2n) is 8.96. The van der Waals surface area contributed by atoms with Crippen LogP contribution < -0.4 is 10.6 Å². The number of allylic oxidation sites excluding steroid dienone is 2. The van der Waals surface area contributed by atoms with E-state index in [1.165, 1.54) is 5.56 Å². The lowest BCUT2D eigenvalue weighted by molar-refractivity contribution is 1.28. The van der Waals surface area contributed by atoms with E-state index < -0.39 is 0 Å². The molecule has 0 amide bonds. The smallest absolute Gasteiger partial charge is 0.0457 e. The van der Waals surface area contributed by atoms with Gasteiger partial charge in [0.15, 0.2) is 0 Å². The van der Waals surface area contributed by atoms with Crippen molar-refractivity contribution in [2.45, 2.75) is 0 Å². The zero-order chi connectivity index (χ0) is 26.0. The number of nitrogen functional groups attached to an aromatic ring is 1. The maximum atomic E-state index is 6.02. The summed E-state index contributed by atoms with van der Waals surface area (Å²) in [6.45, 7) is 0. The first-order valence-electron chi connectivity index (χ1n) is 12.7. The molecule has 184 valence electrons. The van der Waals surface area contributed by atoms with Gasteiger partial charge in [-0.25, -0.2) is 0 Å². The second-order valence-corrected chi connectivity index (χ2v) is 8.96. The summed E-state index contributed by atoms with van der Waals surface area (Å²) in [5.41, 5.74) is 14.6. The van der Waals surface area contributed by atoms with Gasteiger partial charge >= 0.3 is 0 Å². The van der Waals surface area contributed by atoms with Gasteiger partial charge in [0.05, 0.1) is 0 Å². The maximum absolute atomic E-state index is 6.02. The monoisotopic (exact) mass is 490 g/mol. The van der Waals surface area contributed by atoms with Crippen LogP contribution in [0.5, 0.6) is 0 Å². The van der Waals surface area contributed by atoms with Gasteiger partial charge in [0.1, 0.15) is 0 Å². The molecule has 5 aromatic rings. The minimum atomic E-state index is 0.744. The first kappa shape index (κ1) is 24.6. The van der Waals surface area contributed by atoms with Gasteiger partial charge < -0.3 is 10.6 Å². The molecule has 0 heterocycles. The maximum Gasteiger partial charge on any atom is 0.0457 e. The SMILES string of the molecule is Nc1ccc(N(C=C(c2ccccc2)c2ccccc2)c2ccc(/C=C/C=C/c3ccccc3)cc2)cc1. The third kappa shape index (κ3) is 6.37. The molecule has 38 heavy (non-hydrogen) atoms. The van der Waals surface area contributed by atoms with Crippen molar-refractivity contribution in [3.63, 3.8) is 0 Å². The number of hydrogen-bond acceptors (Lipinski definition) is 2. The Hall–Kier alpha value is -5.08. The van der Waals surface area contributed by atoms with Crippen LogP contribution in [-0.2, 0) is 0 Å². The Labute approximate surface area is 225 Å². The van der Waals surface area contributed by atoms with E-state index in [-0.39, 0.29) is 0 Å². The Kier molecular flexibility index (Phi) is 7.93. The van der Waals surface area contributed by atoms with Crippen LogP contribution in [-0.4, -0.2) is 0 Å². The van der Waals surface area contributed by atoms with Gasteiger partial charge in [-0.1, -0.05) is 127 Å². The predicted octanol–water partition coefficient (Wildman–Crippen LogP) is 9.22. The molecule has 2 N–H and O–H groups in total. The van der Waals surface area contributed by atoms with Gasteiger partial charge in [-0.05, 0) is 58.7 Å². The lowest BCUT2D eigenvalue weighted by Crippen LogP contribution is -2.10. The highest BCUT2D eigenvalue weighted by Crippen LogP contribution is 2.32. The minimum Gasteiger partial charge on any atom is -0.399 e. The fourth-order valence-corrected chi connectivity index (χ4v) is 4.26. The number of nitrogens with zero attached hydrogens (tertiary/aromatic N) is 1. The number of rotatable bonds is 8. The van der Waals surface area contributed by atoms with Crippen LogP contribution in [0.2, 0.25) is 0 Å². The third-order valence-electron chi connectivity index (χ3n) is 6.26.